The van der Waals surface area contributed by atoms with Crippen LogP contribution in [0, 0.1) is 11.8 Å². The van der Waals surface area contributed by atoms with Crippen molar-refractivity contribution in [2.24, 2.45) is 17.6 Å². The number of nitrogens with one attached hydrogen (secondary N) is 6. The fourth-order valence-electron chi connectivity index (χ4n) is 4.07. The number of nitrogens with two attached hydrogens (primary N) is 1. The third-order valence-corrected chi connectivity index (χ3v) is 7.47. The van der Waals surface area contributed by atoms with Crippen LogP contribution in [0.4, 0.5) is 0 Å². The number of nitrogens with zero attached hydrogens (tertiary/aromatic N) is 1. The summed E-state index contributed by atoms with van der Waals surface area (Å²) in [6.45, 7) is 11.1. The molecule has 1 aromatic rings. The summed E-state index contributed by atoms with van der Waals surface area (Å²) in [6, 6.07) is -6.90. The zero-order chi connectivity index (χ0) is 33.7. The van der Waals surface area contributed by atoms with Crippen LogP contribution in [0.2, 0.25) is 0 Å². The van der Waals surface area contributed by atoms with E-state index in [4.69, 9.17) is 5.73 Å². The Kier molecular flexibility index (Phi) is 15.5. The van der Waals surface area contributed by atoms with Gasteiger partial charge in [-0.2, -0.15) is 0 Å². The largest absolute Gasteiger partial charge is 0.480 e. The molecule has 1 heterocycles. The molecular weight excluding hydrogens is 576 g/mol. The van der Waals surface area contributed by atoms with Crippen LogP contribution in [0.15, 0.2) is 12.5 Å². The van der Waals surface area contributed by atoms with E-state index in [2.05, 4.69) is 36.6 Å². The van der Waals surface area contributed by atoms with Gasteiger partial charge in [-0.25, -0.2) is 9.78 Å². The predicted molar refractivity (Wildman–Crippen MR) is 159 cm³/mol. The van der Waals surface area contributed by atoms with Gasteiger partial charge in [0.2, 0.25) is 29.5 Å². The predicted octanol–water partition coefficient (Wildman–Crippen LogP) is -1.70. The number of carboxylic acid groups (broad SMARTS) is 1. The number of hydrogen-bond donors (Lipinski definition) is 9. The molecule has 0 aromatic carbocycles. The maximum Gasteiger partial charge on any atom is 0.328 e. The topological polar surface area (TPSA) is 258 Å². The number of carbonyl (C=O) groups excluding carboxylic acids is 5. The number of aliphatic carboxylic acids is 1. The second kappa shape index (κ2) is 17.9. The number of imidazole rings is 1. The molecule has 0 aliphatic heterocycles. The van der Waals surface area contributed by atoms with Crippen LogP contribution < -0.4 is 32.3 Å². The number of carbonyl (C=O) groups is 6. The first-order valence-corrected chi connectivity index (χ1v) is 14.7. The van der Waals surface area contributed by atoms with Crippen LogP contribution in [0.1, 0.15) is 67.0 Å². The van der Waals surface area contributed by atoms with E-state index in [0.29, 0.717) is 18.5 Å². The summed E-state index contributed by atoms with van der Waals surface area (Å²) in [7, 11) is 0. The van der Waals surface area contributed by atoms with Crippen molar-refractivity contribution in [2.75, 3.05) is 0 Å². The number of H-pyrrole nitrogens is 1. The third kappa shape index (κ3) is 11.6. The van der Waals surface area contributed by atoms with Crippen molar-refractivity contribution in [3.8, 4) is 0 Å². The molecule has 0 radical (unpaired) electrons. The SMILES string of the molecule is CC[C@@H](C)[C@H](NC(=O)[C@H](C)NC(=O)[C@H](C)NC(=O)[C@@H](N)Cc1cnc[nH]1)C(=O)N[C@H](C(=O)N[C@H](C(=O)O)[C@@H](C)O)[C@H](C)CC. The van der Waals surface area contributed by atoms with E-state index in [0.717, 1.165) is 0 Å². The molecular formula is C28H48N8O8. The van der Waals surface area contributed by atoms with Crippen LogP contribution in [0.25, 0.3) is 0 Å². The number of amides is 5. The van der Waals surface area contributed by atoms with Crippen molar-refractivity contribution in [3.63, 3.8) is 0 Å². The molecule has 9 atom stereocenters. The first-order chi connectivity index (χ1) is 20.5. The number of aliphatic hydroxyl groups excluding tert-OH is 1. The van der Waals surface area contributed by atoms with E-state index < -0.39 is 83.8 Å². The minimum absolute atomic E-state index is 0.179. The Labute approximate surface area is 257 Å². The van der Waals surface area contributed by atoms with Crippen molar-refractivity contribution >= 4 is 35.5 Å². The maximum absolute atomic E-state index is 13.4. The van der Waals surface area contributed by atoms with Crippen molar-refractivity contribution in [3.05, 3.63) is 18.2 Å². The van der Waals surface area contributed by atoms with Gasteiger partial charge in [-0.1, -0.05) is 40.5 Å². The number of aromatic nitrogens is 2. The van der Waals surface area contributed by atoms with Crippen molar-refractivity contribution in [1.82, 2.24) is 36.6 Å². The molecule has 0 fully saturated rings. The molecule has 1 aromatic heterocycles. The average Bonchev–Trinajstić information content (AvgIpc) is 3.48. The van der Waals surface area contributed by atoms with E-state index in [-0.39, 0.29) is 12.3 Å². The average molecular weight is 625 g/mol. The Bertz CT molecular complexity index is 1130. The van der Waals surface area contributed by atoms with Gasteiger partial charge < -0.3 is 47.5 Å². The highest BCUT2D eigenvalue weighted by Gasteiger charge is 2.35. The zero-order valence-electron chi connectivity index (χ0n) is 26.3. The van der Waals surface area contributed by atoms with Crippen LogP contribution >= 0.6 is 0 Å². The lowest BCUT2D eigenvalue weighted by atomic mass is 9.94. The summed E-state index contributed by atoms with van der Waals surface area (Å²) < 4.78 is 0. The molecule has 0 saturated heterocycles. The molecule has 0 bridgehead atoms. The summed E-state index contributed by atoms with van der Waals surface area (Å²) in [5.41, 5.74) is 6.55. The highest BCUT2D eigenvalue weighted by molar-refractivity contribution is 5.96. The van der Waals surface area contributed by atoms with Crippen molar-refractivity contribution in [1.29, 1.82) is 0 Å². The van der Waals surface area contributed by atoms with Crippen LogP contribution in [-0.2, 0) is 35.2 Å². The molecule has 10 N–H and O–H groups in total. The highest BCUT2D eigenvalue weighted by Crippen LogP contribution is 2.13. The molecule has 44 heavy (non-hydrogen) atoms. The lowest BCUT2D eigenvalue weighted by Crippen LogP contribution is -2.61. The summed E-state index contributed by atoms with van der Waals surface area (Å²) in [6.07, 6.45) is 2.71. The Hall–Kier alpha value is -4.05. The quantitative estimate of drug-likeness (QED) is 0.0894. The van der Waals surface area contributed by atoms with Crippen LogP contribution in [0.3, 0.4) is 0 Å². The van der Waals surface area contributed by atoms with Gasteiger partial charge in [0.1, 0.15) is 24.2 Å². The molecule has 0 saturated carbocycles. The highest BCUT2D eigenvalue weighted by atomic mass is 16.4. The maximum atomic E-state index is 13.4. The van der Waals surface area contributed by atoms with Gasteiger partial charge in [-0.05, 0) is 32.6 Å². The molecule has 0 unspecified atom stereocenters. The Morgan fingerprint density at radius 2 is 1.18 bits per heavy atom. The molecule has 16 nitrogen and oxygen atoms in total. The summed E-state index contributed by atoms with van der Waals surface area (Å²) in [4.78, 5) is 82.7. The molecule has 5 amide bonds. The second-order valence-corrected chi connectivity index (χ2v) is 11.2. The molecule has 0 aliphatic rings. The van der Waals surface area contributed by atoms with Crippen molar-refractivity contribution in [2.45, 2.75) is 110 Å². The van der Waals surface area contributed by atoms with E-state index in [1.54, 1.807) is 20.8 Å². The van der Waals surface area contributed by atoms with Crippen LogP contribution in [-0.4, -0.2) is 98.0 Å². The van der Waals surface area contributed by atoms with Gasteiger partial charge in [-0.15, -0.1) is 0 Å². The molecule has 248 valence electrons. The van der Waals surface area contributed by atoms with Crippen molar-refractivity contribution < 1.29 is 39.0 Å². The normalized spacial score (nSPS) is 17.3. The smallest absolute Gasteiger partial charge is 0.328 e. The van der Waals surface area contributed by atoms with Gasteiger partial charge in [0.15, 0.2) is 6.04 Å². The number of rotatable bonds is 18. The fourth-order valence-corrected chi connectivity index (χ4v) is 4.07. The molecule has 1 rings (SSSR count). The van der Waals surface area contributed by atoms with E-state index in [1.807, 2.05) is 6.92 Å². The Morgan fingerprint density at radius 3 is 1.59 bits per heavy atom. The first kappa shape index (κ1) is 38.0. The fraction of sp³-hybridized carbons (Fsp3) is 0.679. The summed E-state index contributed by atoms with van der Waals surface area (Å²) >= 11 is 0. The van der Waals surface area contributed by atoms with Gasteiger partial charge in [0.25, 0.3) is 0 Å². The van der Waals surface area contributed by atoms with Crippen LogP contribution in [0.5, 0.6) is 0 Å². The number of hydrogen-bond acceptors (Lipinski definition) is 9. The van der Waals surface area contributed by atoms with E-state index in [1.165, 1.54) is 33.3 Å². The molecule has 16 heteroatoms. The minimum Gasteiger partial charge on any atom is -0.480 e. The van der Waals surface area contributed by atoms with Gasteiger partial charge in [-0.3, -0.25) is 24.0 Å². The van der Waals surface area contributed by atoms with E-state index >= 15 is 0 Å². The van der Waals surface area contributed by atoms with Gasteiger partial charge in [0, 0.05) is 18.3 Å². The number of carboxylic acids is 1. The first-order valence-electron chi connectivity index (χ1n) is 14.7. The van der Waals surface area contributed by atoms with Gasteiger partial charge in [0.05, 0.1) is 18.5 Å². The summed E-state index contributed by atoms with van der Waals surface area (Å²) in [5, 5.41) is 31.6. The summed E-state index contributed by atoms with van der Waals surface area (Å²) in [5.74, 6) is -5.63. The molecule has 0 spiro atoms. The third-order valence-electron chi connectivity index (χ3n) is 7.47. The number of aromatic amines is 1. The molecule has 0 aliphatic carbocycles. The van der Waals surface area contributed by atoms with E-state index in [9.17, 15) is 39.0 Å². The zero-order valence-corrected chi connectivity index (χ0v) is 26.3. The van der Waals surface area contributed by atoms with Gasteiger partial charge >= 0.3 is 5.97 Å². The lowest BCUT2D eigenvalue weighted by Gasteiger charge is -2.30. The lowest BCUT2D eigenvalue weighted by molar-refractivity contribution is -0.145. The minimum atomic E-state index is -1.58. The Balaban J connectivity index is 2.90. The second-order valence-electron chi connectivity index (χ2n) is 11.2. The number of aliphatic hydroxyl groups is 1. The monoisotopic (exact) mass is 624 g/mol. The Morgan fingerprint density at radius 1 is 0.750 bits per heavy atom. The standard InChI is InChI=1S/C28H48N8O8/c1-8-13(3)20(26(41)35-21(14(4)9-2)27(42)36-22(17(7)37)28(43)44)34-24(39)16(6)32-23(38)15(5)33-25(40)19(29)10-18-11-30-12-31-18/h11-17,19-22,37H,8-10,29H2,1-7H3,(H,30,31)(H,32,38)(H,33,40)(H,34,39)(H,35,41)(H,36,42)(H,43,44)/t13-,14-,15+,16+,17-,19+,20+,21+,22+/m1/s1.